The zero-order valence-corrected chi connectivity index (χ0v) is 10.2. The summed E-state index contributed by atoms with van der Waals surface area (Å²) in [6, 6.07) is 0. The van der Waals surface area contributed by atoms with E-state index in [-0.39, 0.29) is 17.3 Å². The molecule has 0 aromatic heterocycles. The number of aldehydes is 1. The highest BCUT2D eigenvalue weighted by Gasteiger charge is 1.95. The Hall–Kier alpha value is -1.32. The van der Waals surface area contributed by atoms with Gasteiger partial charge in [-0.1, -0.05) is 13.3 Å². The summed E-state index contributed by atoms with van der Waals surface area (Å²) in [5.74, 6) is -0.118. The van der Waals surface area contributed by atoms with Crippen LogP contribution in [0.4, 0.5) is 0 Å². The van der Waals surface area contributed by atoms with Gasteiger partial charge in [0.05, 0.1) is 0 Å². The maximum Gasteiger partial charge on any atom is 0.195 e. The number of carbonyl (C=O) groups excluding carboxylic acids is 4. The average Bonchev–Trinajstić information content (AvgIpc) is 2.23. The molecule has 0 bridgehead atoms. The molecule has 0 fully saturated rings. The zero-order valence-electron chi connectivity index (χ0n) is 10.2. The lowest BCUT2D eigenvalue weighted by molar-refractivity contribution is -0.129. The molecule has 0 saturated heterocycles. The predicted octanol–water partition coefficient (Wildman–Crippen LogP) is 1.89. The second-order valence-corrected chi connectivity index (χ2v) is 3.59. The van der Waals surface area contributed by atoms with E-state index in [1.165, 1.54) is 13.8 Å². The van der Waals surface area contributed by atoms with Gasteiger partial charge in [0.1, 0.15) is 11.6 Å². The van der Waals surface area contributed by atoms with Crippen LogP contribution in [0.3, 0.4) is 0 Å². The number of ketones is 3. The van der Waals surface area contributed by atoms with E-state index >= 15 is 0 Å². The summed E-state index contributed by atoms with van der Waals surface area (Å²) in [7, 11) is 0. The highest BCUT2D eigenvalue weighted by molar-refractivity contribution is 6.24. The summed E-state index contributed by atoms with van der Waals surface area (Å²) in [6.45, 7) is 4.96. The first-order valence-electron chi connectivity index (χ1n) is 5.40. The molecule has 0 heterocycles. The van der Waals surface area contributed by atoms with Crippen LogP contribution in [0.2, 0.25) is 0 Å². The van der Waals surface area contributed by atoms with Gasteiger partial charge in [-0.15, -0.1) is 0 Å². The molecule has 0 spiro atoms. The number of hydrogen-bond acceptors (Lipinski definition) is 4. The summed E-state index contributed by atoms with van der Waals surface area (Å²) in [6.07, 6.45) is 3.40. The minimum Gasteiger partial charge on any atom is -0.300 e. The molecule has 0 radical (unpaired) electrons. The second-order valence-electron chi connectivity index (χ2n) is 3.59. The molecule has 0 aromatic rings. The summed E-state index contributed by atoms with van der Waals surface area (Å²) in [5, 5.41) is 0. The average molecular weight is 228 g/mol. The third-order valence-electron chi connectivity index (χ3n) is 1.74. The molecule has 92 valence electrons. The maximum atomic E-state index is 10.2. The Morgan fingerprint density at radius 3 is 1.62 bits per heavy atom. The van der Waals surface area contributed by atoms with Gasteiger partial charge in [-0.25, -0.2) is 0 Å². The van der Waals surface area contributed by atoms with Crippen LogP contribution in [-0.2, 0) is 19.2 Å². The van der Waals surface area contributed by atoms with Crippen LogP contribution in [0.25, 0.3) is 0 Å². The van der Waals surface area contributed by atoms with E-state index in [1.807, 2.05) is 6.92 Å². The SMILES string of the molecule is CC(=O)CCC(C)=O.CCCCC(=O)C=O. The molecule has 16 heavy (non-hydrogen) atoms. The lowest BCUT2D eigenvalue weighted by Gasteiger charge is -1.86. The van der Waals surface area contributed by atoms with Crippen molar-refractivity contribution in [3.63, 3.8) is 0 Å². The number of Topliss-reactive ketones (excluding diaryl/α,β-unsaturated/α-hetero) is 3. The second kappa shape index (κ2) is 11.8. The van der Waals surface area contributed by atoms with Gasteiger partial charge in [0.15, 0.2) is 12.1 Å². The topological polar surface area (TPSA) is 68.3 Å². The smallest absolute Gasteiger partial charge is 0.195 e. The monoisotopic (exact) mass is 228 g/mol. The van der Waals surface area contributed by atoms with E-state index in [2.05, 4.69) is 0 Å². The van der Waals surface area contributed by atoms with Crippen molar-refractivity contribution >= 4 is 23.6 Å². The molecule has 0 saturated carbocycles. The molecule has 0 aliphatic heterocycles. The van der Waals surface area contributed by atoms with Crippen molar-refractivity contribution in [1.82, 2.24) is 0 Å². The van der Waals surface area contributed by atoms with Crippen molar-refractivity contribution in [2.45, 2.75) is 52.9 Å². The van der Waals surface area contributed by atoms with E-state index in [0.29, 0.717) is 25.5 Å². The number of carbonyl (C=O) groups is 4. The Balaban J connectivity index is 0. The molecule has 0 amide bonds. The third kappa shape index (κ3) is 18.5. The lowest BCUT2D eigenvalue weighted by atomic mass is 10.2. The van der Waals surface area contributed by atoms with Crippen LogP contribution in [-0.4, -0.2) is 23.6 Å². The van der Waals surface area contributed by atoms with E-state index in [0.717, 1.165) is 12.8 Å². The van der Waals surface area contributed by atoms with Crippen molar-refractivity contribution < 1.29 is 19.2 Å². The quantitative estimate of drug-likeness (QED) is 0.493. The van der Waals surface area contributed by atoms with Crippen molar-refractivity contribution in [3.8, 4) is 0 Å². The Kier molecular flexibility index (Phi) is 12.6. The van der Waals surface area contributed by atoms with Crippen molar-refractivity contribution in [2.24, 2.45) is 0 Å². The number of unbranched alkanes of at least 4 members (excludes halogenated alkanes) is 1. The van der Waals surface area contributed by atoms with Crippen LogP contribution >= 0.6 is 0 Å². The molecule has 0 rings (SSSR count). The highest BCUT2D eigenvalue weighted by atomic mass is 16.2. The molecule has 4 heteroatoms. The minimum absolute atomic E-state index is 0.0835. The summed E-state index contributed by atoms with van der Waals surface area (Å²) >= 11 is 0. The van der Waals surface area contributed by atoms with Gasteiger partial charge in [0.2, 0.25) is 0 Å². The molecule has 0 aromatic carbocycles. The van der Waals surface area contributed by atoms with E-state index in [1.54, 1.807) is 0 Å². The molecule has 0 N–H and O–H groups in total. The van der Waals surface area contributed by atoms with Crippen LogP contribution < -0.4 is 0 Å². The number of rotatable bonds is 7. The lowest BCUT2D eigenvalue weighted by Crippen LogP contribution is -1.96. The molecule has 4 nitrogen and oxygen atoms in total. The van der Waals surface area contributed by atoms with Gasteiger partial charge in [-0.2, -0.15) is 0 Å². The van der Waals surface area contributed by atoms with E-state index in [4.69, 9.17) is 0 Å². The van der Waals surface area contributed by atoms with Crippen LogP contribution in [0, 0.1) is 0 Å². The van der Waals surface area contributed by atoms with Crippen LogP contribution in [0.1, 0.15) is 52.9 Å². The summed E-state index contributed by atoms with van der Waals surface area (Å²) < 4.78 is 0. The Morgan fingerprint density at radius 1 is 0.938 bits per heavy atom. The third-order valence-corrected chi connectivity index (χ3v) is 1.74. The van der Waals surface area contributed by atoms with Gasteiger partial charge >= 0.3 is 0 Å². The highest BCUT2D eigenvalue weighted by Crippen LogP contribution is 1.92. The van der Waals surface area contributed by atoms with Crippen LogP contribution in [0.15, 0.2) is 0 Å². The molecule has 0 aliphatic carbocycles. The van der Waals surface area contributed by atoms with E-state index in [9.17, 15) is 19.2 Å². The Morgan fingerprint density at radius 2 is 1.38 bits per heavy atom. The first-order valence-corrected chi connectivity index (χ1v) is 5.40. The molecule has 0 aliphatic rings. The minimum atomic E-state index is -0.285. The van der Waals surface area contributed by atoms with Gasteiger partial charge in [0, 0.05) is 19.3 Å². The summed E-state index contributed by atoms with van der Waals surface area (Å²) in [4.78, 5) is 40.3. The fraction of sp³-hybridized carbons (Fsp3) is 0.667. The predicted molar refractivity (Wildman–Crippen MR) is 61.2 cm³/mol. The summed E-state index contributed by atoms with van der Waals surface area (Å²) in [5.41, 5.74) is 0. The van der Waals surface area contributed by atoms with Crippen molar-refractivity contribution in [3.05, 3.63) is 0 Å². The Labute approximate surface area is 96.4 Å². The van der Waals surface area contributed by atoms with Crippen LogP contribution in [0.5, 0.6) is 0 Å². The molecular weight excluding hydrogens is 208 g/mol. The van der Waals surface area contributed by atoms with Crippen molar-refractivity contribution in [1.29, 1.82) is 0 Å². The standard InChI is InChI=1S/2C6H10O2/c1-5(7)3-4-6(2)8;1-2-3-4-6(8)5-7/h3-4H2,1-2H3;5H,2-4H2,1H3. The normalized spacial score (nSPS) is 8.69. The van der Waals surface area contributed by atoms with E-state index < -0.39 is 0 Å². The fourth-order valence-electron chi connectivity index (χ4n) is 0.762. The van der Waals surface area contributed by atoms with Gasteiger partial charge < -0.3 is 9.59 Å². The van der Waals surface area contributed by atoms with Gasteiger partial charge in [-0.05, 0) is 20.3 Å². The van der Waals surface area contributed by atoms with Gasteiger partial charge in [0.25, 0.3) is 0 Å². The first kappa shape index (κ1) is 17.1. The zero-order chi connectivity index (χ0) is 13.0. The fourth-order valence-corrected chi connectivity index (χ4v) is 0.762. The largest absolute Gasteiger partial charge is 0.300 e. The molecule has 0 atom stereocenters. The Bertz CT molecular complexity index is 229. The van der Waals surface area contributed by atoms with Crippen molar-refractivity contribution in [2.75, 3.05) is 0 Å². The van der Waals surface area contributed by atoms with Gasteiger partial charge in [-0.3, -0.25) is 9.59 Å². The molecular formula is C12H20O4. The maximum absolute atomic E-state index is 10.2. The number of hydrogen-bond donors (Lipinski definition) is 0. The first-order chi connectivity index (χ1) is 7.43. The molecule has 0 unspecified atom stereocenters.